The Morgan fingerprint density at radius 3 is 2.50 bits per heavy atom. The number of nitrogens with one attached hydrogen (secondary N) is 1. The van der Waals surface area contributed by atoms with Gasteiger partial charge in [-0.15, -0.1) is 0 Å². The lowest BCUT2D eigenvalue weighted by atomic mass is 9.89. The Bertz CT molecular complexity index is 512. The Labute approximate surface area is 109 Å². The van der Waals surface area contributed by atoms with E-state index in [0.717, 1.165) is 11.8 Å². The summed E-state index contributed by atoms with van der Waals surface area (Å²) in [5, 5.41) is 0. The molecule has 3 nitrogen and oxygen atoms in total. The van der Waals surface area contributed by atoms with Crippen molar-refractivity contribution < 1.29 is 8.42 Å². The molecule has 0 radical (unpaired) electrons. The van der Waals surface area contributed by atoms with Crippen molar-refractivity contribution in [2.24, 2.45) is 17.8 Å². The van der Waals surface area contributed by atoms with E-state index >= 15 is 0 Å². The number of fused-ring (bicyclic) bond motifs is 2. The van der Waals surface area contributed by atoms with Gasteiger partial charge in [-0.3, -0.25) is 0 Å². The topological polar surface area (TPSA) is 46.2 Å². The van der Waals surface area contributed by atoms with Crippen LogP contribution >= 0.6 is 0 Å². The highest BCUT2D eigenvalue weighted by molar-refractivity contribution is 7.89. The van der Waals surface area contributed by atoms with Gasteiger partial charge in [-0.05, 0) is 49.1 Å². The van der Waals surface area contributed by atoms with Gasteiger partial charge in [0, 0.05) is 6.54 Å². The van der Waals surface area contributed by atoms with Gasteiger partial charge in [0.05, 0.1) is 4.90 Å². The van der Waals surface area contributed by atoms with Gasteiger partial charge >= 0.3 is 0 Å². The monoisotopic (exact) mass is 265 g/mol. The number of rotatable bonds is 4. The van der Waals surface area contributed by atoms with Crippen molar-refractivity contribution in [1.82, 2.24) is 4.72 Å². The minimum Gasteiger partial charge on any atom is -0.211 e. The van der Waals surface area contributed by atoms with Crippen LogP contribution in [0, 0.1) is 17.8 Å². The van der Waals surface area contributed by atoms with Crippen molar-refractivity contribution in [3.05, 3.63) is 30.3 Å². The molecule has 2 fully saturated rings. The number of benzene rings is 1. The molecule has 1 aromatic carbocycles. The fourth-order valence-electron chi connectivity index (χ4n) is 3.53. The van der Waals surface area contributed by atoms with Crippen molar-refractivity contribution in [3.8, 4) is 0 Å². The van der Waals surface area contributed by atoms with E-state index in [1.807, 2.05) is 6.07 Å². The Kier molecular flexibility index (Phi) is 3.16. The van der Waals surface area contributed by atoms with Crippen LogP contribution in [0.3, 0.4) is 0 Å². The third kappa shape index (κ3) is 2.31. The van der Waals surface area contributed by atoms with Crippen LogP contribution < -0.4 is 4.72 Å². The number of sulfonamides is 1. The third-order valence-electron chi connectivity index (χ3n) is 4.47. The normalized spacial score (nSPS) is 30.8. The first-order valence-corrected chi connectivity index (χ1v) is 8.18. The van der Waals surface area contributed by atoms with E-state index in [9.17, 15) is 8.42 Å². The molecule has 0 spiro atoms. The fraction of sp³-hybridized carbons (Fsp3) is 0.571. The van der Waals surface area contributed by atoms with Crippen LogP contribution in [0.25, 0.3) is 0 Å². The summed E-state index contributed by atoms with van der Waals surface area (Å²) in [5.74, 6) is 2.18. The molecule has 0 aromatic heterocycles. The van der Waals surface area contributed by atoms with E-state index < -0.39 is 10.0 Å². The van der Waals surface area contributed by atoms with Crippen molar-refractivity contribution >= 4 is 10.0 Å². The van der Waals surface area contributed by atoms with Gasteiger partial charge in [0.25, 0.3) is 0 Å². The number of hydrogen-bond acceptors (Lipinski definition) is 2. The van der Waals surface area contributed by atoms with Gasteiger partial charge in [-0.2, -0.15) is 0 Å². The Morgan fingerprint density at radius 1 is 1.11 bits per heavy atom. The van der Waals surface area contributed by atoms with Crippen molar-refractivity contribution in [2.45, 2.75) is 30.6 Å². The minimum absolute atomic E-state index is 0.369. The highest BCUT2D eigenvalue weighted by Gasteiger charge is 2.39. The summed E-state index contributed by atoms with van der Waals surface area (Å²) < 4.78 is 26.9. The Morgan fingerprint density at radius 2 is 1.89 bits per heavy atom. The SMILES string of the molecule is O=S(=O)(NC[C@@H]1C[C@@H]2CC[C@@H]1C2)c1ccccc1. The molecule has 3 atom stereocenters. The Balaban J connectivity index is 1.63. The molecule has 4 heteroatoms. The molecule has 0 heterocycles. The van der Waals surface area contributed by atoms with Gasteiger partial charge in [0.1, 0.15) is 0 Å². The van der Waals surface area contributed by atoms with Gasteiger partial charge in [-0.1, -0.05) is 24.6 Å². The summed E-state index contributed by atoms with van der Waals surface area (Å²) in [4.78, 5) is 0.369. The fourth-order valence-corrected chi connectivity index (χ4v) is 4.64. The van der Waals surface area contributed by atoms with Gasteiger partial charge in [-0.25, -0.2) is 13.1 Å². The zero-order valence-electron chi connectivity index (χ0n) is 10.4. The molecule has 2 bridgehead atoms. The first kappa shape index (κ1) is 12.2. The van der Waals surface area contributed by atoms with Crippen molar-refractivity contribution in [1.29, 1.82) is 0 Å². The molecule has 2 aliphatic rings. The van der Waals surface area contributed by atoms with E-state index in [0.29, 0.717) is 17.4 Å². The molecule has 0 saturated heterocycles. The third-order valence-corrected chi connectivity index (χ3v) is 5.91. The highest BCUT2D eigenvalue weighted by Crippen LogP contribution is 2.48. The second-order valence-electron chi connectivity index (χ2n) is 5.60. The van der Waals surface area contributed by atoms with Gasteiger partial charge in [0.15, 0.2) is 0 Å². The molecule has 1 N–H and O–H groups in total. The number of hydrogen-bond donors (Lipinski definition) is 1. The largest absolute Gasteiger partial charge is 0.240 e. The lowest BCUT2D eigenvalue weighted by Gasteiger charge is -2.21. The predicted octanol–water partition coefficient (Wildman–Crippen LogP) is 2.40. The second-order valence-corrected chi connectivity index (χ2v) is 7.37. The van der Waals surface area contributed by atoms with Crippen LogP contribution in [0.4, 0.5) is 0 Å². The molecular weight excluding hydrogens is 246 g/mol. The van der Waals surface area contributed by atoms with Crippen LogP contribution in [0.2, 0.25) is 0 Å². The first-order chi connectivity index (χ1) is 8.65. The maximum Gasteiger partial charge on any atom is 0.240 e. The summed E-state index contributed by atoms with van der Waals surface area (Å²) in [6.45, 7) is 0.610. The molecule has 0 amide bonds. The maximum absolute atomic E-state index is 12.1. The predicted molar refractivity (Wildman–Crippen MR) is 70.6 cm³/mol. The van der Waals surface area contributed by atoms with Crippen LogP contribution in [0.5, 0.6) is 0 Å². The molecule has 0 aliphatic heterocycles. The van der Waals surface area contributed by atoms with E-state index in [-0.39, 0.29) is 0 Å². The minimum atomic E-state index is -3.31. The summed E-state index contributed by atoms with van der Waals surface area (Å²) in [6, 6.07) is 8.62. The lowest BCUT2D eigenvalue weighted by Crippen LogP contribution is -2.31. The standard InChI is InChI=1S/C14H19NO2S/c16-18(17,14-4-2-1-3-5-14)15-10-13-9-11-6-7-12(13)8-11/h1-5,11-13,15H,6-10H2/t11-,12-,13+/m1/s1. The van der Waals surface area contributed by atoms with E-state index in [4.69, 9.17) is 0 Å². The van der Waals surface area contributed by atoms with E-state index in [1.54, 1.807) is 24.3 Å². The molecule has 0 unspecified atom stereocenters. The molecule has 18 heavy (non-hydrogen) atoms. The molecule has 1 aromatic rings. The zero-order valence-corrected chi connectivity index (χ0v) is 11.2. The van der Waals surface area contributed by atoms with E-state index in [2.05, 4.69) is 4.72 Å². The van der Waals surface area contributed by atoms with Crippen molar-refractivity contribution in [3.63, 3.8) is 0 Å². The van der Waals surface area contributed by atoms with E-state index in [1.165, 1.54) is 25.7 Å². The second kappa shape index (κ2) is 4.67. The van der Waals surface area contributed by atoms with Crippen LogP contribution in [-0.2, 0) is 10.0 Å². The average molecular weight is 265 g/mol. The average Bonchev–Trinajstić information content (AvgIpc) is 3.00. The quantitative estimate of drug-likeness (QED) is 0.908. The molecule has 2 aliphatic carbocycles. The lowest BCUT2D eigenvalue weighted by molar-refractivity contribution is 0.333. The summed E-state index contributed by atoms with van der Waals surface area (Å²) in [7, 11) is -3.31. The molecule has 98 valence electrons. The Hall–Kier alpha value is -0.870. The van der Waals surface area contributed by atoms with Gasteiger partial charge < -0.3 is 0 Å². The first-order valence-electron chi connectivity index (χ1n) is 6.70. The highest BCUT2D eigenvalue weighted by atomic mass is 32.2. The smallest absolute Gasteiger partial charge is 0.211 e. The van der Waals surface area contributed by atoms with Gasteiger partial charge in [0.2, 0.25) is 10.0 Å². The molecule has 3 rings (SSSR count). The zero-order chi connectivity index (χ0) is 12.6. The molecular formula is C14H19NO2S. The van der Waals surface area contributed by atoms with Crippen LogP contribution in [-0.4, -0.2) is 15.0 Å². The van der Waals surface area contributed by atoms with Crippen molar-refractivity contribution in [2.75, 3.05) is 6.54 Å². The maximum atomic E-state index is 12.1. The van der Waals surface area contributed by atoms with Crippen LogP contribution in [0.15, 0.2) is 35.2 Å². The summed E-state index contributed by atoms with van der Waals surface area (Å²) in [5.41, 5.74) is 0. The van der Waals surface area contributed by atoms with Crippen LogP contribution in [0.1, 0.15) is 25.7 Å². The molecule has 2 saturated carbocycles. The summed E-state index contributed by atoms with van der Waals surface area (Å²) >= 11 is 0. The summed E-state index contributed by atoms with van der Waals surface area (Å²) in [6.07, 6.45) is 5.18.